The van der Waals surface area contributed by atoms with Gasteiger partial charge in [-0.15, -0.1) is 11.8 Å². The number of allylic oxidation sites excluding steroid dienone is 3. The highest BCUT2D eigenvalue weighted by Crippen LogP contribution is 2.44. The molecule has 0 bridgehead atoms. The average Bonchev–Trinajstić information content (AvgIpc) is 2.58. The van der Waals surface area contributed by atoms with Crippen LogP contribution in [-0.4, -0.2) is 24.0 Å². The summed E-state index contributed by atoms with van der Waals surface area (Å²) in [5.74, 6) is 0.257. The van der Waals surface area contributed by atoms with E-state index < -0.39 is 0 Å². The van der Waals surface area contributed by atoms with Gasteiger partial charge in [-0.05, 0) is 36.8 Å². The van der Waals surface area contributed by atoms with Crippen LogP contribution in [0.2, 0.25) is 0 Å². The molecule has 1 aliphatic carbocycles. The number of carbonyl (C=O) groups excluding carboxylic acids is 1. The Morgan fingerprint density at radius 1 is 1.30 bits per heavy atom. The number of carbonyl (C=O) groups is 1. The van der Waals surface area contributed by atoms with E-state index in [2.05, 4.69) is 6.07 Å². The maximum Gasteiger partial charge on any atom is 0.161 e. The van der Waals surface area contributed by atoms with Gasteiger partial charge >= 0.3 is 0 Å². The molecule has 2 N–H and O–H groups in total. The number of thioether (sulfide) groups is 1. The molecule has 0 unspecified atom stereocenters. The monoisotopic (exact) mass is 325 g/mol. The van der Waals surface area contributed by atoms with Crippen molar-refractivity contribution in [3.05, 3.63) is 52.5 Å². The van der Waals surface area contributed by atoms with Gasteiger partial charge in [0.25, 0.3) is 0 Å². The van der Waals surface area contributed by atoms with Gasteiger partial charge in [-0.1, -0.05) is 12.1 Å². The van der Waals surface area contributed by atoms with Gasteiger partial charge in [-0.3, -0.25) is 4.79 Å². The van der Waals surface area contributed by atoms with Crippen LogP contribution in [0, 0.1) is 11.3 Å². The zero-order chi connectivity index (χ0) is 16.6. The van der Waals surface area contributed by atoms with Gasteiger partial charge in [0.05, 0.1) is 17.6 Å². The molecular weight excluding hydrogens is 306 g/mol. The van der Waals surface area contributed by atoms with Crippen LogP contribution in [-0.2, 0) is 4.79 Å². The fourth-order valence-corrected chi connectivity index (χ4v) is 3.80. The van der Waals surface area contributed by atoms with Crippen LogP contribution in [0.1, 0.15) is 30.7 Å². The lowest BCUT2D eigenvalue weighted by molar-refractivity contribution is -0.116. The van der Waals surface area contributed by atoms with Crippen molar-refractivity contribution >= 4 is 17.5 Å². The molecular formula is C18H19N3OS. The Bertz CT molecular complexity index is 755. The number of Topliss-reactive ketones (excluding diaryl/α,β-unsaturated/α-hetero) is 1. The van der Waals surface area contributed by atoms with E-state index in [4.69, 9.17) is 5.73 Å². The first kappa shape index (κ1) is 15.7. The fourth-order valence-electron chi connectivity index (χ4n) is 3.39. The molecule has 2 aliphatic rings. The molecule has 118 valence electrons. The number of nitriles is 1. The van der Waals surface area contributed by atoms with E-state index in [1.165, 1.54) is 0 Å². The van der Waals surface area contributed by atoms with E-state index in [9.17, 15) is 10.1 Å². The molecule has 0 amide bonds. The Labute approximate surface area is 140 Å². The SMILES string of the molecule is CSc1ccc([C@H]2C(C#N)=C(N)N(C)C3=C2C(=O)CCC3)cc1. The third-order valence-electron chi connectivity index (χ3n) is 4.62. The second-order valence-corrected chi connectivity index (χ2v) is 6.69. The molecule has 5 heteroatoms. The van der Waals surface area contributed by atoms with Crippen LogP contribution in [0.4, 0.5) is 0 Å². The number of ketones is 1. The topological polar surface area (TPSA) is 70.1 Å². The lowest BCUT2D eigenvalue weighted by Gasteiger charge is -2.37. The fraction of sp³-hybridized carbons (Fsp3) is 0.333. The molecule has 1 aromatic rings. The quantitative estimate of drug-likeness (QED) is 0.846. The van der Waals surface area contributed by atoms with Crippen molar-refractivity contribution in [2.45, 2.75) is 30.1 Å². The Hall–Kier alpha value is -2.19. The van der Waals surface area contributed by atoms with Crippen molar-refractivity contribution in [2.24, 2.45) is 5.73 Å². The third kappa shape index (κ3) is 2.53. The maximum atomic E-state index is 12.6. The van der Waals surface area contributed by atoms with Gasteiger partial charge in [0.2, 0.25) is 0 Å². The second-order valence-electron chi connectivity index (χ2n) is 5.81. The summed E-state index contributed by atoms with van der Waals surface area (Å²) in [6.07, 6.45) is 4.24. The summed E-state index contributed by atoms with van der Waals surface area (Å²) in [7, 11) is 1.84. The van der Waals surface area contributed by atoms with E-state index >= 15 is 0 Å². The standard InChI is InChI=1S/C18H19N3OS/c1-21-14-4-3-5-15(22)17(14)16(13(10-19)18(21)20)11-6-8-12(23-2)9-7-11/h6-9,16H,3-5,20H2,1-2H3/t16-/m0/s1. The Balaban J connectivity index is 2.18. The number of hydrogen-bond acceptors (Lipinski definition) is 5. The van der Waals surface area contributed by atoms with Crippen molar-refractivity contribution in [2.75, 3.05) is 13.3 Å². The Kier molecular flexibility index (Phi) is 4.18. The first-order chi connectivity index (χ1) is 11.1. The lowest BCUT2D eigenvalue weighted by Crippen LogP contribution is -2.36. The molecule has 0 spiro atoms. The van der Waals surface area contributed by atoms with Crippen LogP contribution in [0.15, 0.2) is 51.8 Å². The lowest BCUT2D eigenvalue weighted by atomic mass is 9.76. The molecule has 0 radical (unpaired) electrons. The molecule has 1 aromatic carbocycles. The Morgan fingerprint density at radius 3 is 2.61 bits per heavy atom. The van der Waals surface area contributed by atoms with Gasteiger partial charge in [-0.2, -0.15) is 5.26 Å². The van der Waals surface area contributed by atoms with Crippen molar-refractivity contribution in [1.29, 1.82) is 5.26 Å². The van der Waals surface area contributed by atoms with Crippen molar-refractivity contribution in [3.63, 3.8) is 0 Å². The zero-order valence-electron chi connectivity index (χ0n) is 13.3. The highest BCUT2D eigenvalue weighted by atomic mass is 32.2. The van der Waals surface area contributed by atoms with Gasteiger partial charge in [0.15, 0.2) is 5.78 Å². The molecule has 3 rings (SSSR count). The predicted molar refractivity (Wildman–Crippen MR) is 91.4 cm³/mol. The summed E-state index contributed by atoms with van der Waals surface area (Å²) in [6, 6.07) is 10.3. The van der Waals surface area contributed by atoms with Crippen LogP contribution in [0.5, 0.6) is 0 Å². The number of hydrogen-bond donors (Lipinski definition) is 1. The summed E-state index contributed by atoms with van der Waals surface area (Å²) in [5, 5.41) is 9.64. The molecule has 1 atom stereocenters. The first-order valence-electron chi connectivity index (χ1n) is 7.62. The highest BCUT2D eigenvalue weighted by molar-refractivity contribution is 7.98. The molecule has 0 aromatic heterocycles. The van der Waals surface area contributed by atoms with Gasteiger partial charge in [-0.25, -0.2) is 0 Å². The Morgan fingerprint density at radius 2 is 2.00 bits per heavy atom. The normalized spacial score (nSPS) is 21.3. The number of nitrogens with two attached hydrogens (primary N) is 1. The summed E-state index contributed by atoms with van der Waals surface area (Å²) in [5.41, 5.74) is 9.35. The predicted octanol–water partition coefficient (Wildman–Crippen LogP) is 3.14. The molecule has 0 saturated carbocycles. The minimum absolute atomic E-state index is 0.136. The van der Waals surface area contributed by atoms with E-state index in [1.54, 1.807) is 11.8 Å². The molecule has 23 heavy (non-hydrogen) atoms. The van der Waals surface area contributed by atoms with Crippen molar-refractivity contribution in [3.8, 4) is 6.07 Å². The van der Waals surface area contributed by atoms with Crippen LogP contribution in [0.25, 0.3) is 0 Å². The van der Waals surface area contributed by atoms with Crippen molar-refractivity contribution in [1.82, 2.24) is 4.90 Å². The number of nitrogens with zero attached hydrogens (tertiary/aromatic N) is 2. The summed E-state index contributed by atoms with van der Waals surface area (Å²) in [4.78, 5) is 15.6. The molecule has 1 heterocycles. The minimum atomic E-state index is -0.338. The van der Waals surface area contributed by atoms with Crippen LogP contribution >= 0.6 is 11.8 Å². The molecule has 1 aliphatic heterocycles. The second kappa shape index (κ2) is 6.13. The zero-order valence-corrected chi connectivity index (χ0v) is 14.1. The van der Waals surface area contributed by atoms with Gasteiger partial charge in [0, 0.05) is 29.6 Å². The van der Waals surface area contributed by atoms with E-state index in [0.717, 1.165) is 34.6 Å². The summed E-state index contributed by atoms with van der Waals surface area (Å²) in [6.45, 7) is 0. The smallest absolute Gasteiger partial charge is 0.161 e. The average molecular weight is 325 g/mol. The van der Waals surface area contributed by atoms with E-state index in [0.29, 0.717) is 17.8 Å². The third-order valence-corrected chi connectivity index (χ3v) is 5.36. The summed E-state index contributed by atoms with van der Waals surface area (Å²) < 4.78 is 0. The molecule has 4 nitrogen and oxygen atoms in total. The van der Waals surface area contributed by atoms with E-state index in [1.807, 2.05) is 42.5 Å². The van der Waals surface area contributed by atoms with Gasteiger partial charge < -0.3 is 10.6 Å². The molecule has 0 fully saturated rings. The highest BCUT2D eigenvalue weighted by Gasteiger charge is 2.38. The molecule has 0 saturated heterocycles. The van der Waals surface area contributed by atoms with Crippen LogP contribution < -0.4 is 5.73 Å². The van der Waals surface area contributed by atoms with Crippen molar-refractivity contribution < 1.29 is 4.79 Å². The van der Waals surface area contributed by atoms with Gasteiger partial charge in [0.1, 0.15) is 5.82 Å². The van der Waals surface area contributed by atoms with E-state index in [-0.39, 0.29) is 11.7 Å². The summed E-state index contributed by atoms with van der Waals surface area (Å²) >= 11 is 1.67. The largest absolute Gasteiger partial charge is 0.384 e. The minimum Gasteiger partial charge on any atom is -0.384 e. The maximum absolute atomic E-state index is 12.6. The first-order valence-corrected chi connectivity index (χ1v) is 8.84. The number of benzene rings is 1. The number of rotatable bonds is 2. The van der Waals surface area contributed by atoms with Crippen LogP contribution in [0.3, 0.4) is 0 Å².